The van der Waals surface area contributed by atoms with Gasteiger partial charge in [0.25, 0.3) is 5.56 Å². The quantitative estimate of drug-likeness (QED) is 0.137. The molecule has 266 valence electrons. The van der Waals surface area contributed by atoms with Crippen molar-refractivity contribution in [3.8, 4) is 28.6 Å². The second kappa shape index (κ2) is 17.2. The van der Waals surface area contributed by atoms with E-state index in [0.29, 0.717) is 48.4 Å². The summed E-state index contributed by atoms with van der Waals surface area (Å²) in [5.74, 6) is 0.169. The van der Waals surface area contributed by atoms with Gasteiger partial charge in [-0.1, -0.05) is 43.7 Å². The van der Waals surface area contributed by atoms with Gasteiger partial charge in [-0.05, 0) is 55.0 Å². The third-order valence-corrected chi connectivity index (χ3v) is 9.40. The number of aliphatic imine (C=N–C) groups is 1. The normalized spacial score (nSPS) is 12.0. The zero-order valence-corrected chi connectivity index (χ0v) is 30.0. The minimum Gasteiger partial charge on any atom is -0.334 e. The number of anilines is 1. The molecule has 0 aliphatic rings. The maximum absolute atomic E-state index is 13.6. The Labute approximate surface area is 302 Å². The van der Waals surface area contributed by atoms with Crippen LogP contribution in [0.25, 0.3) is 22.5 Å². The largest absolute Gasteiger partial charge is 0.334 e. The molecule has 13 nitrogen and oxygen atoms in total. The molecule has 0 spiro atoms. The molecule has 14 heteroatoms. The molecule has 5 rings (SSSR count). The number of urea groups is 1. The van der Waals surface area contributed by atoms with Gasteiger partial charge in [-0.3, -0.25) is 19.7 Å². The minimum absolute atomic E-state index is 0.0124. The molecule has 1 unspecified atom stereocenters. The average Bonchev–Trinajstić information content (AvgIpc) is 3.15. The maximum Gasteiger partial charge on any atom is 0.322 e. The van der Waals surface area contributed by atoms with Crippen LogP contribution in [0, 0.1) is 17.2 Å². The van der Waals surface area contributed by atoms with E-state index in [0.717, 1.165) is 24.7 Å². The van der Waals surface area contributed by atoms with Gasteiger partial charge in [-0.15, -0.1) is 0 Å². The summed E-state index contributed by atoms with van der Waals surface area (Å²) < 4.78 is 25.7. The van der Waals surface area contributed by atoms with Gasteiger partial charge < -0.3 is 9.88 Å². The Hall–Kier alpha value is -6.07. The highest BCUT2D eigenvalue weighted by Crippen LogP contribution is 2.25. The van der Waals surface area contributed by atoms with E-state index < -0.39 is 9.84 Å². The highest BCUT2D eigenvalue weighted by Gasteiger charge is 2.18. The summed E-state index contributed by atoms with van der Waals surface area (Å²) in [6.07, 6.45) is 13.3. The van der Waals surface area contributed by atoms with Gasteiger partial charge in [0.05, 0.1) is 39.9 Å². The Morgan fingerprint density at radius 1 is 1.04 bits per heavy atom. The number of amides is 2. The summed E-state index contributed by atoms with van der Waals surface area (Å²) >= 11 is 0. The zero-order chi connectivity index (χ0) is 37.1. The molecule has 1 aromatic carbocycles. The molecule has 0 aliphatic heterocycles. The number of benzene rings is 1. The van der Waals surface area contributed by atoms with E-state index in [-0.39, 0.29) is 39.6 Å². The van der Waals surface area contributed by atoms with Gasteiger partial charge in [0, 0.05) is 68.4 Å². The van der Waals surface area contributed by atoms with Crippen LogP contribution in [0.2, 0.25) is 0 Å². The molecule has 5 aromatic rings. The van der Waals surface area contributed by atoms with Crippen LogP contribution in [-0.2, 0) is 23.4 Å². The molecule has 0 radical (unpaired) electrons. The predicted molar refractivity (Wildman–Crippen MR) is 200 cm³/mol. The van der Waals surface area contributed by atoms with Crippen LogP contribution in [-0.4, -0.2) is 58.0 Å². The number of nitrogens with zero attached hydrogens (tertiary/aromatic N) is 8. The third-order valence-electron chi connectivity index (χ3n) is 8.32. The molecule has 0 saturated carbocycles. The van der Waals surface area contributed by atoms with Crippen molar-refractivity contribution in [2.45, 2.75) is 44.0 Å². The SMILES string of the molecule is CCCC(/C=N/c1ncc(C#N)c(-c2cncc(S(C)(=O)=O)c2)n1)CCCN(C(=O)NCc1ccccc1)c1ccc(-c2ccn(C)c(=O)c2)nc1. The molecule has 0 fully saturated rings. The molecule has 4 heterocycles. The Bertz CT molecular complexity index is 2250. The first-order valence-corrected chi connectivity index (χ1v) is 18.6. The fourth-order valence-electron chi connectivity index (χ4n) is 5.48. The van der Waals surface area contributed by atoms with Crippen LogP contribution in [0.1, 0.15) is 43.7 Å². The van der Waals surface area contributed by atoms with Crippen molar-refractivity contribution in [2.75, 3.05) is 17.7 Å². The topological polar surface area (TPSA) is 176 Å². The van der Waals surface area contributed by atoms with Crippen molar-refractivity contribution in [1.29, 1.82) is 5.26 Å². The number of carbonyl (C=O) groups is 1. The Morgan fingerprint density at radius 2 is 1.85 bits per heavy atom. The van der Waals surface area contributed by atoms with Gasteiger partial charge in [-0.2, -0.15) is 5.26 Å². The van der Waals surface area contributed by atoms with Crippen LogP contribution in [0.15, 0.2) is 106 Å². The lowest BCUT2D eigenvalue weighted by Crippen LogP contribution is -2.40. The molecule has 2 amide bonds. The van der Waals surface area contributed by atoms with Crippen molar-refractivity contribution in [3.05, 3.63) is 113 Å². The summed E-state index contributed by atoms with van der Waals surface area (Å²) in [5, 5.41) is 12.7. The Morgan fingerprint density at radius 3 is 2.54 bits per heavy atom. The van der Waals surface area contributed by atoms with Gasteiger partial charge in [0.1, 0.15) is 6.07 Å². The van der Waals surface area contributed by atoms with Crippen LogP contribution in [0.3, 0.4) is 0 Å². The van der Waals surface area contributed by atoms with Crippen molar-refractivity contribution < 1.29 is 13.2 Å². The first-order valence-electron chi connectivity index (χ1n) is 16.7. The molecule has 0 bridgehead atoms. The number of aryl methyl sites for hydroxylation is 1. The van der Waals surface area contributed by atoms with Crippen molar-refractivity contribution >= 4 is 33.7 Å². The van der Waals surface area contributed by atoms with Gasteiger partial charge in [0.2, 0.25) is 5.95 Å². The molecule has 1 atom stereocenters. The number of hydrogen-bond donors (Lipinski definition) is 1. The molecular weight excluding hydrogens is 679 g/mol. The first-order chi connectivity index (χ1) is 25.0. The molecular formula is C38H39N9O4S. The number of pyridine rings is 3. The summed E-state index contributed by atoms with van der Waals surface area (Å²) in [7, 11) is -1.84. The van der Waals surface area contributed by atoms with Crippen molar-refractivity contribution in [1.82, 2.24) is 29.8 Å². The van der Waals surface area contributed by atoms with Gasteiger partial charge >= 0.3 is 6.03 Å². The van der Waals surface area contributed by atoms with Crippen molar-refractivity contribution in [3.63, 3.8) is 0 Å². The number of aromatic nitrogens is 5. The number of nitrogens with one attached hydrogen (secondary N) is 1. The van der Waals surface area contributed by atoms with Crippen molar-refractivity contribution in [2.24, 2.45) is 18.0 Å². The number of sulfone groups is 1. The average molecular weight is 718 g/mol. The fraction of sp³-hybridized carbons (Fsp3) is 0.263. The van der Waals surface area contributed by atoms with E-state index in [1.807, 2.05) is 42.5 Å². The Kier molecular flexibility index (Phi) is 12.3. The highest BCUT2D eigenvalue weighted by molar-refractivity contribution is 7.90. The van der Waals surface area contributed by atoms with Crippen LogP contribution < -0.4 is 15.8 Å². The van der Waals surface area contributed by atoms with Gasteiger partial charge in [0.15, 0.2) is 9.84 Å². The van der Waals surface area contributed by atoms with E-state index in [1.54, 1.807) is 36.6 Å². The minimum atomic E-state index is -3.52. The molecule has 4 aromatic heterocycles. The standard InChI is InChI=1S/C38H39N9O4S/c1-4-9-27(21-42-37-43-24-31(20-39)36(45-37)30-18-33(26-40-23-30)52(3,50)51)12-8-16-47(38(49)44-22-28-10-6-5-7-11-28)32-13-14-34(41-25-32)29-15-17-46(2)35(48)19-29/h5-7,10-11,13-15,17-19,21,23-27H,4,8-9,12,16,22H2,1-3H3,(H,44,49)/b42-21+. The summed E-state index contributed by atoms with van der Waals surface area (Å²) in [4.78, 5) is 49.3. The van der Waals surface area contributed by atoms with E-state index in [4.69, 9.17) is 0 Å². The van der Waals surface area contributed by atoms with E-state index in [2.05, 4.69) is 43.2 Å². The summed E-state index contributed by atoms with van der Waals surface area (Å²) in [6.45, 7) is 2.85. The van der Waals surface area contributed by atoms with E-state index in [1.165, 1.54) is 35.3 Å². The number of rotatable bonds is 14. The van der Waals surface area contributed by atoms with Crippen LogP contribution in [0.4, 0.5) is 16.4 Å². The summed E-state index contributed by atoms with van der Waals surface area (Å²) in [5.41, 5.74) is 3.53. The number of hydrogen-bond acceptors (Lipinski definition) is 10. The zero-order valence-electron chi connectivity index (χ0n) is 29.2. The van der Waals surface area contributed by atoms with Gasteiger partial charge in [-0.25, -0.2) is 28.2 Å². The molecule has 1 N–H and O–H groups in total. The highest BCUT2D eigenvalue weighted by atomic mass is 32.2. The van der Waals surface area contributed by atoms with E-state index >= 15 is 0 Å². The van der Waals surface area contributed by atoms with Crippen LogP contribution >= 0.6 is 0 Å². The number of carbonyl (C=O) groups excluding carboxylic acids is 1. The Balaban J connectivity index is 1.32. The van der Waals surface area contributed by atoms with E-state index in [9.17, 15) is 23.3 Å². The number of nitriles is 1. The second-order valence-electron chi connectivity index (χ2n) is 12.3. The first kappa shape index (κ1) is 37.2. The second-order valence-corrected chi connectivity index (χ2v) is 14.3. The monoisotopic (exact) mass is 717 g/mol. The molecule has 0 saturated heterocycles. The van der Waals surface area contributed by atoms with Crippen LogP contribution in [0.5, 0.6) is 0 Å². The molecule has 52 heavy (non-hydrogen) atoms. The lowest BCUT2D eigenvalue weighted by molar-refractivity contribution is 0.245. The molecule has 0 aliphatic carbocycles. The fourth-order valence-corrected chi connectivity index (χ4v) is 6.07. The third kappa shape index (κ3) is 9.79. The summed E-state index contributed by atoms with van der Waals surface area (Å²) in [6, 6.07) is 19.8. The maximum atomic E-state index is 13.6. The lowest BCUT2D eigenvalue weighted by atomic mass is 9.99. The lowest BCUT2D eigenvalue weighted by Gasteiger charge is -2.24. The predicted octanol–water partition coefficient (Wildman–Crippen LogP) is 5.89. The smallest absolute Gasteiger partial charge is 0.322 e.